The van der Waals surface area contributed by atoms with Gasteiger partial charge in [0.15, 0.2) is 5.82 Å². The highest BCUT2D eigenvalue weighted by Crippen LogP contribution is 2.31. The number of aryl methyl sites for hydroxylation is 1. The lowest BCUT2D eigenvalue weighted by Crippen LogP contribution is -2.19. The second-order valence-corrected chi connectivity index (χ2v) is 4.82. The molecule has 0 spiro atoms. The van der Waals surface area contributed by atoms with Crippen molar-refractivity contribution in [3.05, 3.63) is 47.4 Å². The molecular weight excluding hydrogens is 246 g/mol. The van der Waals surface area contributed by atoms with E-state index in [1.165, 1.54) is 17.7 Å². The third kappa shape index (κ3) is 2.18. The fourth-order valence-corrected chi connectivity index (χ4v) is 2.53. The summed E-state index contributed by atoms with van der Waals surface area (Å²) in [6.07, 6.45) is 6.83. The van der Waals surface area contributed by atoms with Gasteiger partial charge < -0.3 is 4.90 Å². The van der Waals surface area contributed by atoms with Crippen LogP contribution in [0.3, 0.4) is 0 Å². The molecule has 1 aliphatic rings. The van der Waals surface area contributed by atoms with Crippen LogP contribution in [0.5, 0.6) is 0 Å². The van der Waals surface area contributed by atoms with Crippen molar-refractivity contribution in [2.45, 2.75) is 19.3 Å². The summed E-state index contributed by atoms with van der Waals surface area (Å²) in [6.45, 7) is 0.964. The number of benzene rings is 1. The molecule has 0 radical (unpaired) electrons. The van der Waals surface area contributed by atoms with E-state index in [-0.39, 0.29) is 0 Å². The number of rotatable bonds is 1. The number of hydrogen-bond donors (Lipinski definition) is 0. The Hall–Kier alpha value is -1.61. The van der Waals surface area contributed by atoms with Crippen LogP contribution in [0.4, 0.5) is 11.5 Å². The molecule has 2 heterocycles. The first-order chi connectivity index (χ1) is 8.84. The van der Waals surface area contributed by atoms with Crippen molar-refractivity contribution in [3.8, 4) is 0 Å². The maximum atomic E-state index is 5.93. The smallest absolute Gasteiger partial charge is 0.153 e. The Morgan fingerprint density at radius 2 is 2.00 bits per heavy atom. The van der Waals surface area contributed by atoms with E-state index in [0.717, 1.165) is 25.2 Å². The Morgan fingerprint density at radius 1 is 1.11 bits per heavy atom. The molecule has 1 aromatic carbocycles. The number of halogens is 1. The molecule has 0 saturated carbocycles. The lowest BCUT2D eigenvalue weighted by Gasteiger charge is -2.23. The summed E-state index contributed by atoms with van der Waals surface area (Å²) in [6, 6.07) is 8.48. The second kappa shape index (κ2) is 4.94. The van der Waals surface area contributed by atoms with Gasteiger partial charge >= 0.3 is 0 Å². The molecule has 2 aromatic rings. The molecule has 18 heavy (non-hydrogen) atoms. The fourth-order valence-electron chi connectivity index (χ4n) is 2.39. The maximum Gasteiger partial charge on any atom is 0.153 e. The van der Waals surface area contributed by atoms with Gasteiger partial charge in [0.25, 0.3) is 0 Å². The second-order valence-electron chi connectivity index (χ2n) is 4.44. The van der Waals surface area contributed by atoms with E-state index in [0.29, 0.717) is 5.15 Å². The summed E-state index contributed by atoms with van der Waals surface area (Å²) in [4.78, 5) is 10.7. The molecule has 92 valence electrons. The highest BCUT2D eigenvalue weighted by atomic mass is 35.5. The molecule has 1 aliphatic heterocycles. The van der Waals surface area contributed by atoms with Crippen LogP contribution in [0.25, 0.3) is 0 Å². The molecule has 0 saturated heterocycles. The molecule has 4 heteroatoms. The largest absolute Gasteiger partial charge is 0.325 e. The average molecular weight is 260 g/mol. The van der Waals surface area contributed by atoms with E-state index >= 15 is 0 Å². The Labute approximate surface area is 111 Å². The Kier molecular flexibility index (Phi) is 3.15. The summed E-state index contributed by atoms with van der Waals surface area (Å²) in [5.41, 5.74) is 2.60. The normalized spacial score (nSPS) is 15.1. The van der Waals surface area contributed by atoms with Crippen LogP contribution in [0, 0.1) is 0 Å². The number of aromatic nitrogens is 2. The quantitative estimate of drug-likeness (QED) is 0.784. The van der Waals surface area contributed by atoms with Crippen molar-refractivity contribution in [2.75, 3.05) is 11.4 Å². The minimum atomic E-state index is 0.439. The maximum absolute atomic E-state index is 5.93. The zero-order valence-electron chi connectivity index (χ0n) is 10.0. The average Bonchev–Trinajstić information content (AvgIpc) is 2.61. The van der Waals surface area contributed by atoms with Crippen LogP contribution in [-0.2, 0) is 6.42 Å². The molecule has 3 nitrogen and oxygen atoms in total. The van der Waals surface area contributed by atoms with Crippen LogP contribution in [0.2, 0.25) is 5.15 Å². The van der Waals surface area contributed by atoms with Crippen molar-refractivity contribution in [1.82, 2.24) is 9.97 Å². The first-order valence-corrected chi connectivity index (χ1v) is 6.55. The summed E-state index contributed by atoms with van der Waals surface area (Å²) in [7, 11) is 0. The van der Waals surface area contributed by atoms with Gasteiger partial charge in [-0.2, -0.15) is 0 Å². The first kappa shape index (κ1) is 11.5. The van der Waals surface area contributed by atoms with Crippen LogP contribution >= 0.6 is 11.6 Å². The molecule has 3 rings (SSSR count). The van der Waals surface area contributed by atoms with Crippen molar-refractivity contribution >= 4 is 23.1 Å². The zero-order chi connectivity index (χ0) is 12.4. The summed E-state index contributed by atoms with van der Waals surface area (Å²) >= 11 is 5.93. The number of para-hydroxylation sites is 1. The van der Waals surface area contributed by atoms with Gasteiger partial charge in [0, 0.05) is 12.2 Å². The van der Waals surface area contributed by atoms with Gasteiger partial charge in [0.1, 0.15) is 5.15 Å². The number of hydrogen-bond acceptors (Lipinski definition) is 3. The lowest BCUT2D eigenvalue weighted by atomic mass is 10.1. The highest BCUT2D eigenvalue weighted by Gasteiger charge is 2.17. The minimum Gasteiger partial charge on any atom is -0.325 e. The van der Waals surface area contributed by atoms with Gasteiger partial charge in [0.05, 0.1) is 12.4 Å². The highest BCUT2D eigenvalue weighted by molar-refractivity contribution is 6.29. The SMILES string of the molecule is Clc1cncc(N2CCCCc3ccccc32)n1. The van der Waals surface area contributed by atoms with Crippen LogP contribution in [-0.4, -0.2) is 16.5 Å². The summed E-state index contributed by atoms with van der Waals surface area (Å²) in [5, 5.41) is 0.439. The first-order valence-electron chi connectivity index (χ1n) is 6.17. The van der Waals surface area contributed by atoms with Crippen LogP contribution in [0.15, 0.2) is 36.7 Å². The molecule has 0 unspecified atom stereocenters. The van der Waals surface area contributed by atoms with Crippen molar-refractivity contribution in [2.24, 2.45) is 0 Å². The van der Waals surface area contributed by atoms with Crippen molar-refractivity contribution in [1.29, 1.82) is 0 Å². The molecule has 0 bridgehead atoms. The van der Waals surface area contributed by atoms with E-state index in [9.17, 15) is 0 Å². The number of nitrogens with zero attached hydrogens (tertiary/aromatic N) is 3. The molecule has 0 N–H and O–H groups in total. The fraction of sp³-hybridized carbons (Fsp3) is 0.286. The number of anilines is 2. The van der Waals surface area contributed by atoms with Crippen molar-refractivity contribution < 1.29 is 0 Å². The molecule has 0 atom stereocenters. The Morgan fingerprint density at radius 3 is 2.89 bits per heavy atom. The Balaban J connectivity index is 2.06. The third-order valence-corrected chi connectivity index (χ3v) is 3.41. The van der Waals surface area contributed by atoms with Crippen LogP contribution < -0.4 is 4.90 Å². The third-order valence-electron chi connectivity index (χ3n) is 3.23. The summed E-state index contributed by atoms with van der Waals surface area (Å²) in [5.74, 6) is 0.830. The topological polar surface area (TPSA) is 29.0 Å². The zero-order valence-corrected chi connectivity index (χ0v) is 10.8. The van der Waals surface area contributed by atoms with Gasteiger partial charge in [-0.1, -0.05) is 29.8 Å². The minimum absolute atomic E-state index is 0.439. The van der Waals surface area contributed by atoms with E-state index in [2.05, 4.69) is 39.1 Å². The molecular formula is C14H14ClN3. The van der Waals surface area contributed by atoms with Crippen LogP contribution in [0.1, 0.15) is 18.4 Å². The van der Waals surface area contributed by atoms with Crippen molar-refractivity contribution in [3.63, 3.8) is 0 Å². The van der Waals surface area contributed by atoms with Gasteiger partial charge in [-0.05, 0) is 30.9 Å². The van der Waals surface area contributed by atoms with Gasteiger partial charge in [-0.25, -0.2) is 4.98 Å². The Bertz CT molecular complexity index is 556. The molecule has 0 fully saturated rings. The van der Waals surface area contributed by atoms with E-state index in [1.807, 2.05) is 0 Å². The predicted molar refractivity (Wildman–Crippen MR) is 73.4 cm³/mol. The molecule has 1 aromatic heterocycles. The van der Waals surface area contributed by atoms with E-state index in [4.69, 9.17) is 11.6 Å². The molecule has 0 aliphatic carbocycles. The monoisotopic (exact) mass is 259 g/mol. The standard InChI is InChI=1S/C14H14ClN3/c15-13-9-16-10-14(17-13)18-8-4-3-6-11-5-1-2-7-12(11)18/h1-2,5,7,9-10H,3-4,6,8H2. The van der Waals surface area contributed by atoms with E-state index in [1.54, 1.807) is 12.4 Å². The summed E-state index contributed by atoms with van der Waals surface area (Å²) < 4.78 is 0. The van der Waals surface area contributed by atoms with Gasteiger partial charge in [-0.3, -0.25) is 4.98 Å². The van der Waals surface area contributed by atoms with Gasteiger partial charge in [-0.15, -0.1) is 0 Å². The number of fused-ring (bicyclic) bond motifs is 1. The predicted octanol–water partition coefficient (Wildman–Crippen LogP) is 3.60. The van der Waals surface area contributed by atoms with Gasteiger partial charge in [0.2, 0.25) is 0 Å². The molecule has 0 amide bonds. The van der Waals surface area contributed by atoms with E-state index < -0.39 is 0 Å². The lowest BCUT2D eigenvalue weighted by molar-refractivity contribution is 0.757.